The van der Waals surface area contributed by atoms with Crippen molar-refractivity contribution in [2.45, 2.75) is 39.8 Å². The van der Waals surface area contributed by atoms with E-state index in [1.807, 2.05) is 38.4 Å². The second-order valence-corrected chi connectivity index (χ2v) is 4.76. The first-order valence-electron chi connectivity index (χ1n) is 6.31. The summed E-state index contributed by atoms with van der Waals surface area (Å²) >= 11 is 0. The van der Waals surface area contributed by atoms with E-state index in [1.54, 1.807) is 0 Å². The second-order valence-electron chi connectivity index (χ2n) is 4.76. The number of hydrogen-bond acceptors (Lipinski definition) is 3. The monoisotopic (exact) mass is 244 g/mol. The highest BCUT2D eigenvalue weighted by Crippen LogP contribution is 2.24. The van der Waals surface area contributed by atoms with Crippen molar-refractivity contribution in [1.82, 2.24) is 10.3 Å². The number of rotatable bonds is 4. The van der Waals surface area contributed by atoms with Gasteiger partial charge in [-0.3, -0.25) is 4.98 Å². The first kappa shape index (κ1) is 12.8. The van der Waals surface area contributed by atoms with Crippen molar-refractivity contribution < 1.29 is 4.42 Å². The summed E-state index contributed by atoms with van der Waals surface area (Å²) < 4.78 is 5.57. The fraction of sp³-hybridized carbons (Fsp3) is 0.400. The predicted octanol–water partition coefficient (Wildman–Crippen LogP) is 3.70. The first-order valence-corrected chi connectivity index (χ1v) is 6.31. The van der Waals surface area contributed by atoms with Gasteiger partial charge in [-0.25, -0.2) is 0 Å². The van der Waals surface area contributed by atoms with Crippen LogP contribution in [-0.2, 0) is 0 Å². The summed E-state index contributed by atoms with van der Waals surface area (Å²) in [5, 5.41) is 3.58. The van der Waals surface area contributed by atoms with Gasteiger partial charge in [0.05, 0.1) is 0 Å². The standard InChI is InChI=1S/C15H20N2O/c1-10-9-15(13(4)18-10)12(3)17-11(2)14-5-7-16-8-6-14/h5-9,11-12,17H,1-4H3. The van der Waals surface area contributed by atoms with E-state index >= 15 is 0 Å². The van der Waals surface area contributed by atoms with Crippen LogP contribution < -0.4 is 5.32 Å². The average molecular weight is 244 g/mol. The van der Waals surface area contributed by atoms with Crippen LogP contribution in [0.2, 0.25) is 0 Å². The molecule has 1 N–H and O–H groups in total. The number of furan rings is 1. The topological polar surface area (TPSA) is 38.1 Å². The molecule has 0 saturated heterocycles. The fourth-order valence-electron chi connectivity index (χ4n) is 2.29. The number of nitrogens with one attached hydrogen (secondary N) is 1. The molecule has 0 aliphatic rings. The average Bonchev–Trinajstić information content (AvgIpc) is 2.69. The van der Waals surface area contributed by atoms with Crippen LogP contribution in [0.3, 0.4) is 0 Å². The summed E-state index contributed by atoms with van der Waals surface area (Å²) in [5.41, 5.74) is 2.48. The molecule has 0 fully saturated rings. The Bertz CT molecular complexity index is 504. The van der Waals surface area contributed by atoms with Crippen molar-refractivity contribution in [2.75, 3.05) is 0 Å². The molecule has 0 aliphatic carbocycles. The Morgan fingerprint density at radius 3 is 2.33 bits per heavy atom. The Labute approximate surface area is 108 Å². The van der Waals surface area contributed by atoms with Crippen molar-refractivity contribution in [3.63, 3.8) is 0 Å². The van der Waals surface area contributed by atoms with E-state index < -0.39 is 0 Å². The minimum atomic E-state index is 0.269. The van der Waals surface area contributed by atoms with Crippen LogP contribution in [0, 0.1) is 13.8 Å². The number of aryl methyl sites for hydroxylation is 2. The molecule has 3 heteroatoms. The lowest BCUT2D eigenvalue weighted by molar-refractivity contribution is 0.469. The highest BCUT2D eigenvalue weighted by atomic mass is 16.3. The third-order valence-corrected chi connectivity index (χ3v) is 3.25. The van der Waals surface area contributed by atoms with Gasteiger partial charge >= 0.3 is 0 Å². The molecule has 18 heavy (non-hydrogen) atoms. The summed E-state index contributed by atoms with van der Waals surface area (Å²) in [5.74, 6) is 1.96. The first-order chi connectivity index (χ1) is 8.58. The summed E-state index contributed by atoms with van der Waals surface area (Å²) in [6.07, 6.45) is 3.65. The Hall–Kier alpha value is -1.61. The molecule has 2 atom stereocenters. The summed E-state index contributed by atoms with van der Waals surface area (Å²) in [4.78, 5) is 4.04. The highest BCUT2D eigenvalue weighted by molar-refractivity contribution is 5.24. The molecule has 0 spiro atoms. The largest absolute Gasteiger partial charge is 0.466 e. The van der Waals surface area contributed by atoms with Gasteiger partial charge in [0.25, 0.3) is 0 Å². The van der Waals surface area contributed by atoms with Gasteiger partial charge in [-0.05, 0) is 51.5 Å². The Morgan fingerprint density at radius 2 is 1.78 bits per heavy atom. The van der Waals surface area contributed by atoms with Gasteiger partial charge in [-0.2, -0.15) is 0 Å². The summed E-state index contributed by atoms with van der Waals surface area (Å²) in [6.45, 7) is 8.32. The zero-order valence-corrected chi connectivity index (χ0v) is 11.4. The molecule has 0 aromatic carbocycles. The van der Waals surface area contributed by atoms with Crippen LogP contribution in [0.15, 0.2) is 35.0 Å². The van der Waals surface area contributed by atoms with E-state index in [2.05, 4.69) is 30.2 Å². The maximum Gasteiger partial charge on any atom is 0.105 e. The van der Waals surface area contributed by atoms with Gasteiger partial charge in [-0.15, -0.1) is 0 Å². The maximum atomic E-state index is 5.57. The number of nitrogens with zero attached hydrogens (tertiary/aromatic N) is 1. The third kappa shape index (κ3) is 2.79. The van der Waals surface area contributed by atoms with Crippen molar-refractivity contribution in [3.8, 4) is 0 Å². The quantitative estimate of drug-likeness (QED) is 0.891. The van der Waals surface area contributed by atoms with Gasteiger partial charge in [0.2, 0.25) is 0 Å². The second kappa shape index (κ2) is 5.36. The molecule has 0 bridgehead atoms. The lowest BCUT2D eigenvalue weighted by Crippen LogP contribution is -2.22. The number of aromatic nitrogens is 1. The number of hydrogen-bond donors (Lipinski definition) is 1. The third-order valence-electron chi connectivity index (χ3n) is 3.25. The van der Waals surface area contributed by atoms with Gasteiger partial charge in [0.15, 0.2) is 0 Å². The van der Waals surface area contributed by atoms with Gasteiger partial charge < -0.3 is 9.73 Å². The van der Waals surface area contributed by atoms with Crippen molar-refractivity contribution >= 4 is 0 Å². The van der Waals surface area contributed by atoms with E-state index in [9.17, 15) is 0 Å². The van der Waals surface area contributed by atoms with Crippen LogP contribution in [0.1, 0.15) is 48.6 Å². The van der Waals surface area contributed by atoms with Crippen molar-refractivity contribution in [2.24, 2.45) is 0 Å². The van der Waals surface area contributed by atoms with E-state index in [4.69, 9.17) is 4.42 Å². The smallest absolute Gasteiger partial charge is 0.105 e. The van der Waals surface area contributed by atoms with Gasteiger partial charge in [0.1, 0.15) is 11.5 Å². The minimum Gasteiger partial charge on any atom is -0.466 e. The van der Waals surface area contributed by atoms with Gasteiger partial charge in [-0.1, -0.05) is 0 Å². The van der Waals surface area contributed by atoms with Crippen LogP contribution in [0.25, 0.3) is 0 Å². The molecule has 2 rings (SSSR count). The van der Waals surface area contributed by atoms with E-state index in [0.29, 0.717) is 0 Å². The molecule has 0 amide bonds. The molecule has 0 aliphatic heterocycles. The van der Waals surface area contributed by atoms with Crippen LogP contribution in [-0.4, -0.2) is 4.98 Å². The van der Waals surface area contributed by atoms with Crippen LogP contribution in [0.5, 0.6) is 0 Å². The molecular formula is C15H20N2O. The molecule has 3 nitrogen and oxygen atoms in total. The Balaban J connectivity index is 2.08. The summed E-state index contributed by atoms with van der Waals surface area (Å²) in [6, 6.07) is 6.74. The minimum absolute atomic E-state index is 0.269. The Kier molecular flexibility index (Phi) is 3.82. The molecule has 96 valence electrons. The zero-order valence-electron chi connectivity index (χ0n) is 11.4. The lowest BCUT2D eigenvalue weighted by atomic mass is 10.1. The fourth-order valence-corrected chi connectivity index (χ4v) is 2.29. The molecule has 0 saturated carbocycles. The lowest BCUT2D eigenvalue weighted by Gasteiger charge is -2.20. The van der Waals surface area contributed by atoms with Crippen LogP contribution >= 0.6 is 0 Å². The van der Waals surface area contributed by atoms with E-state index in [0.717, 1.165) is 11.5 Å². The van der Waals surface area contributed by atoms with Crippen molar-refractivity contribution in [1.29, 1.82) is 0 Å². The van der Waals surface area contributed by atoms with Crippen molar-refractivity contribution in [3.05, 3.63) is 53.2 Å². The molecule has 2 aromatic heterocycles. The normalized spacial score (nSPS) is 14.4. The predicted molar refractivity (Wildman–Crippen MR) is 72.4 cm³/mol. The zero-order chi connectivity index (χ0) is 13.1. The van der Waals surface area contributed by atoms with E-state index in [-0.39, 0.29) is 12.1 Å². The van der Waals surface area contributed by atoms with Gasteiger partial charge in [0, 0.05) is 30.0 Å². The molecule has 2 aromatic rings. The molecule has 0 radical (unpaired) electrons. The van der Waals surface area contributed by atoms with E-state index in [1.165, 1.54) is 11.1 Å². The molecule has 2 unspecified atom stereocenters. The number of pyridine rings is 1. The maximum absolute atomic E-state index is 5.57. The highest BCUT2D eigenvalue weighted by Gasteiger charge is 2.15. The molecular weight excluding hydrogens is 224 g/mol. The SMILES string of the molecule is Cc1cc(C(C)NC(C)c2ccncc2)c(C)o1. The molecule has 2 heterocycles. The Morgan fingerprint density at radius 1 is 1.11 bits per heavy atom. The summed E-state index contributed by atoms with van der Waals surface area (Å²) in [7, 11) is 0. The van der Waals surface area contributed by atoms with Crippen LogP contribution in [0.4, 0.5) is 0 Å².